The lowest BCUT2D eigenvalue weighted by atomic mass is 10.2. The Morgan fingerprint density at radius 1 is 0.216 bits per heavy atom. The molecule has 0 aliphatic carbocycles. The van der Waals surface area contributed by atoms with E-state index in [-0.39, 0.29) is 0 Å². The van der Waals surface area contributed by atoms with Crippen molar-refractivity contribution in [1.82, 2.24) is 26.6 Å². The van der Waals surface area contributed by atoms with Crippen LogP contribution >= 0.6 is 0 Å². The molecule has 0 aromatic carbocycles. The second kappa shape index (κ2) is 35.7. The Morgan fingerprint density at radius 2 is 0.378 bits per heavy atom. The summed E-state index contributed by atoms with van der Waals surface area (Å²) in [5.74, 6) is 0. The molecular weight excluding hydrogens is 458 g/mol. The normalized spacial score (nSPS) is 11.5. The molecule has 0 amide bonds. The molecule has 37 heavy (non-hydrogen) atoms. The highest BCUT2D eigenvalue weighted by Gasteiger charge is 1.95. The van der Waals surface area contributed by atoms with Crippen LogP contribution in [0.4, 0.5) is 0 Å². The molecule has 0 saturated carbocycles. The lowest BCUT2D eigenvalue weighted by Gasteiger charge is -2.07. The van der Waals surface area contributed by atoms with Crippen LogP contribution in [-0.4, -0.2) is 78.5 Å². The number of hydrogen-bond donors (Lipinski definition) is 7. The molecular formula is C30H69N7. The van der Waals surface area contributed by atoms with Gasteiger partial charge in [0.2, 0.25) is 0 Å². The van der Waals surface area contributed by atoms with Crippen molar-refractivity contribution >= 4 is 0 Å². The molecule has 0 unspecified atom stereocenters. The van der Waals surface area contributed by atoms with E-state index in [4.69, 9.17) is 11.5 Å². The topological polar surface area (TPSA) is 112 Å². The van der Waals surface area contributed by atoms with Gasteiger partial charge in [0, 0.05) is 0 Å². The SMILES string of the molecule is NCCCCCNCCCCCNCCCCCNCCCCCNCCCCCNCCCCCN. The summed E-state index contributed by atoms with van der Waals surface area (Å²) in [6.45, 7) is 13.4. The van der Waals surface area contributed by atoms with Crippen LogP contribution in [-0.2, 0) is 0 Å². The summed E-state index contributed by atoms with van der Waals surface area (Å²) >= 11 is 0. The van der Waals surface area contributed by atoms with Crippen LogP contribution in [0.25, 0.3) is 0 Å². The summed E-state index contributed by atoms with van der Waals surface area (Å²) in [6, 6.07) is 0. The van der Waals surface area contributed by atoms with Crippen molar-refractivity contribution in [2.45, 2.75) is 116 Å². The molecule has 0 fully saturated rings. The fraction of sp³-hybridized carbons (Fsp3) is 1.00. The molecule has 0 rings (SSSR count). The Bertz CT molecular complexity index is 351. The highest BCUT2D eigenvalue weighted by molar-refractivity contribution is 4.56. The predicted octanol–water partition coefficient (Wildman–Crippen LogP) is 3.87. The van der Waals surface area contributed by atoms with E-state index in [0.29, 0.717) is 0 Å². The number of rotatable bonds is 34. The Hall–Kier alpha value is -0.280. The van der Waals surface area contributed by atoms with E-state index in [2.05, 4.69) is 26.6 Å². The first kappa shape index (κ1) is 36.7. The van der Waals surface area contributed by atoms with Crippen molar-refractivity contribution in [2.24, 2.45) is 11.5 Å². The van der Waals surface area contributed by atoms with Gasteiger partial charge in [-0.15, -0.1) is 0 Å². The van der Waals surface area contributed by atoms with E-state index in [1.54, 1.807) is 0 Å². The van der Waals surface area contributed by atoms with E-state index >= 15 is 0 Å². The zero-order chi connectivity index (χ0) is 26.7. The lowest BCUT2D eigenvalue weighted by Crippen LogP contribution is -2.20. The van der Waals surface area contributed by atoms with Crippen LogP contribution in [0.1, 0.15) is 116 Å². The summed E-state index contributed by atoms with van der Waals surface area (Å²) in [7, 11) is 0. The minimum atomic E-state index is 0.832. The zero-order valence-electron chi connectivity index (χ0n) is 24.9. The van der Waals surface area contributed by atoms with Crippen LogP contribution in [0.5, 0.6) is 0 Å². The molecule has 0 aromatic heterocycles. The maximum atomic E-state index is 5.51. The average Bonchev–Trinajstić information content (AvgIpc) is 2.91. The molecule has 0 heterocycles. The Kier molecular flexibility index (Phi) is 35.4. The van der Waals surface area contributed by atoms with Crippen LogP contribution in [0.3, 0.4) is 0 Å². The van der Waals surface area contributed by atoms with E-state index < -0.39 is 0 Å². The third-order valence-electron chi connectivity index (χ3n) is 6.94. The molecule has 224 valence electrons. The Labute approximate surface area is 232 Å². The summed E-state index contributed by atoms with van der Waals surface area (Å²) in [4.78, 5) is 0. The number of unbranched alkanes of at least 4 members (excludes halogenated alkanes) is 12. The predicted molar refractivity (Wildman–Crippen MR) is 166 cm³/mol. The molecule has 0 atom stereocenters. The minimum absolute atomic E-state index is 0.832. The smallest absolute Gasteiger partial charge is 0.00489 e. The quantitative estimate of drug-likeness (QED) is 0.0636. The first-order chi connectivity index (χ1) is 18.4. The van der Waals surface area contributed by atoms with E-state index in [0.717, 1.165) is 26.2 Å². The molecule has 0 saturated heterocycles. The average molecular weight is 528 g/mol. The van der Waals surface area contributed by atoms with Gasteiger partial charge in [0.25, 0.3) is 0 Å². The summed E-state index contributed by atoms with van der Waals surface area (Å²) in [5.41, 5.74) is 11.0. The second-order valence-electron chi connectivity index (χ2n) is 10.7. The minimum Gasteiger partial charge on any atom is -0.330 e. The molecule has 7 heteroatoms. The standard InChI is InChI=1S/C30H69N7/c31-19-7-1-9-21-33-23-11-3-13-25-35-27-15-5-17-29-37-30-18-6-16-28-36-26-14-4-12-24-34-22-10-2-8-20-32/h33-37H,1-32H2. The largest absolute Gasteiger partial charge is 0.330 e. The van der Waals surface area contributed by atoms with Crippen molar-refractivity contribution in [2.75, 3.05) is 78.5 Å². The van der Waals surface area contributed by atoms with Crippen molar-refractivity contribution in [1.29, 1.82) is 0 Å². The van der Waals surface area contributed by atoms with Gasteiger partial charge in [0.05, 0.1) is 0 Å². The van der Waals surface area contributed by atoms with E-state index in [9.17, 15) is 0 Å². The Morgan fingerprint density at radius 3 is 0.541 bits per heavy atom. The van der Waals surface area contributed by atoms with Gasteiger partial charge in [-0.1, -0.05) is 38.5 Å². The third kappa shape index (κ3) is 35.7. The van der Waals surface area contributed by atoms with Crippen molar-refractivity contribution < 1.29 is 0 Å². The van der Waals surface area contributed by atoms with Crippen molar-refractivity contribution in [3.05, 3.63) is 0 Å². The van der Waals surface area contributed by atoms with Gasteiger partial charge in [-0.3, -0.25) is 0 Å². The molecule has 0 aliphatic rings. The van der Waals surface area contributed by atoms with Crippen molar-refractivity contribution in [3.63, 3.8) is 0 Å². The van der Waals surface area contributed by atoms with Crippen LogP contribution < -0.4 is 38.1 Å². The van der Waals surface area contributed by atoms with E-state index in [1.807, 2.05) is 0 Å². The molecule has 0 aliphatic heterocycles. The molecule has 9 N–H and O–H groups in total. The van der Waals surface area contributed by atoms with Gasteiger partial charge in [0.15, 0.2) is 0 Å². The molecule has 0 aromatic rings. The third-order valence-corrected chi connectivity index (χ3v) is 6.94. The highest BCUT2D eigenvalue weighted by Crippen LogP contribution is 1.98. The van der Waals surface area contributed by atoms with Gasteiger partial charge < -0.3 is 38.1 Å². The molecule has 0 bridgehead atoms. The Balaban J connectivity index is 3.00. The van der Waals surface area contributed by atoms with Gasteiger partial charge in [-0.2, -0.15) is 0 Å². The molecule has 0 radical (unpaired) electrons. The first-order valence-electron chi connectivity index (χ1n) is 16.4. The maximum absolute atomic E-state index is 5.51. The van der Waals surface area contributed by atoms with Crippen LogP contribution in [0.15, 0.2) is 0 Å². The monoisotopic (exact) mass is 528 g/mol. The van der Waals surface area contributed by atoms with Crippen LogP contribution in [0.2, 0.25) is 0 Å². The number of hydrogen-bond acceptors (Lipinski definition) is 7. The highest BCUT2D eigenvalue weighted by atomic mass is 14.9. The van der Waals surface area contributed by atoms with Crippen molar-refractivity contribution in [3.8, 4) is 0 Å². The molecule has 7 nitrogen and oxygen atoms in total. The van der Waals surface area contributed by atoms with Crippen LogP contribution in [0, 0.1) is 0 Å². The summed E-state index contributed by atoms with van der Waals surface area (Å²) < 4.78 is 0. The number of nitrogens with two attached hydrogens (primary N) is 2. The number of nitrogens with one attached hydrogen (secondary N) is 5. The summed E-state index contributed by atoms with van der Waals surface area (Å²) in [5, 5.41) is 17.9. The van der Waals surface area contributed by atoms with Gasteiger partial charge >= 0.3 is 0 Å². The van der Waals surface area contributed by atoms with E-state index in [1.165, 1.54) is 168 Å². The first-order valence-corrected chi connectivity index (χ1v) is 16.4. The van der Waals surface area contributed by atoms with Gasteiger partial charge in [-0.25, -0.2) is 0 Å². The molecule has 0 spiro atoms. The van der Waals surface area contributed by atoms with Gasteiger partial charge in [0.1, 0.15) is 0 Å². The zero-order valence-corrected chi connectivity index (χ0v) is 24.9. The van der Waals surface area contributed by atoms with Gasteiger partial charge in [-0.05, 0) is 156 Å². The fourth-order valence-corrected chi connectivity index (χ4v) is 4.47. The summed E-state index contributed by atoms with van der Waals surface area (Å²) in [6.07, 6.45) is 23.2. The fourth-order valence-electron chi connectivity index (χ4n) is 4.47. The lowest BCUT2D eigenvalue weighted by molar-refractivity contribution is 0.527. The second-order valence-corrected chi connectivity index (χ2v) is 10.7. The maximum Gasteiger partial charge on any atom is -0.00489 e.